The van der Waals surface area contributed by atoms with E-state index < -0.39 is 27.6 Å². The van der Waals surface area contributed by atoms with Gasteiger partial charge in [0.1, 0.15) is 17.2 Å². The summed E-state index contributed by atoms with van der Waals surface area (Å²) in [7, 11) is -2.51. The zero-order chi connectivity index (χ0) is 27.7. The highest BCUT2D eigenvalue weighted by Gasteiger charge is 2.34. The Bertz CT molecular complexity index is 1260. The van der Waals surface area contributed by atoms with Crippen LogP contribution in [0.1, 0.15) is 19.4 Å². The number of carbonyl (C=O) groups excluding carboxylic acids is 1. The Morgan fingerprint density at radius 1 is 0.947 bits per heavy atom. The average Bonchev–Trinajstić information content (AvgIpc) is 2.91. The highest BCUT2D eigenvalue weighted by atomic mass is 32.2. The summed E-state index contributed by atoms with van der Waals surface area (Å²) in [6.07, 6.45) is -2.83. The molecule has 2 atom stereocenters. The van der Waals surface area contributed by atoms with Gasteiger partial charge in [0, 0.05) is 24.5 Å². The van der Waals surface area contributed by atoms with Crippen molar-refractivity contribution in [3.63, 3.8) is 0 Å². The Labute approximate surface area is 228 Å². The second-order valence-electron chi connectivity index (χ2n) is 9.16. The third kappa shape index (κ3) is 7.97. The fourth-order valence-electron chi connectivity index (χ4n) is 3.90. The third-order valence-corrected chi connectivity index (χ3v) is 8.92. The van der Waals surface area contributed by atoms with Crippen LogP contribution in [0.15, 0.2) is 94.7 Å². The molecule has 10 heteroatoms. The fraction of sp³-hybridized carbons (Fsp3) is 0.321. The van der Waals surface area contributed by atoms with E-state index in [1.54, 1.807) is 48.5 Å². The summed E-state index contributed by atoms with van der Waals surface area (Å²) < 4.78 is 33.6. The largest absolute Gasteiger partial charge is 0.530 e. The Kier molecular flexibility index (Phi) is 10.6. The second-order valence-corrected chi connectivity index (χ2v) is 12.3. The van der Waals surface area contributed by atoms with Gasteiger partial charge >= 0.3 is 0 Å². The van der Waals surface area contributed by atoms with E-state index in [0.717, 1.165) is 21.6 Å². The highest BCUT2D eigenvalue weighted by molar-refractivity contribution is 8.00. The molecule has 204 valence electrons. The minimum Gasteiger partial charge on any atom is -0.530 e. The molecule has 0 aliphatic carbocycles. The number of thioether (sulfide) groups is 1. The Hall–Kier alpha value is -3.05. The van der Waals surface area contributed by atoms with Gasteiger partial charge in [0.25, 0.3) is 0 Å². The van der Waals surface area contributed by atoms with E-state index in [4.69, 9.17) is 4.74 Å². The molecule has 3 rings (SSSR count). The van der Waals surface area contributed by atoms with Gasteiger partial charge in [-0.15, -0.1) is 0 Å². The van der Waals surface area contributed by atoms with Gasteiger partial charge < -0.3 is 24.6 Å². The van der Waals surface area contributed by atoms with Crippen LogP contribution in [0, 0.1) is 5.92 Å². The molecule has 38 heavy (non-hydrogen) atoms. The SMILES string of the molecule is COc1ccc(S(=O)(=O)N(CC(C)C)CC(O)C(Sc2ccccc2)N(Cc2ccccc2)C(=O)[O-])cc1. The van der Waals surface area contributed by atoms with E-state index in [-0.39, 0.29) is 30.4 Å². The van der Waals surface area contributed by atoms with Crippen LogP contribution >= 0.6 is 11.8 Å². The van der Waals surface area contributed by atoms with Gasteiger partial charge in [-0.1, -0.05) is 74.1 Å². The smallest absolute Gasteiger partial charge is 0.243 e. The number of hydrogen-bond donors (Lipinski definition) is 1. The Morgan fingerprint density at radius 3 is 2.05 bits per heavy atom. The predicted molar refractivity (Wildman–Crippen MR) is 146 cm³/mol. The summed E-state index contributed by atoms with van der Waals surface area (Å²) in [6, 6.07) is 24.1. The normalized spacial score (nSPS) is 13.3. The van der Waals surface area contributed by atoms with E-state index in [0.29, 0.717) is 11.3 Å². The van der Waals surface area contributed by atoms with Gasteiger partial charge in [-0.2, -0.15) is 4.31 Å². The minimum atomic E-state index is -4.00. The van der Waals surface area contributed by atoms with Crippen molar-refractivity contribution in [2.24, 2.45) is 5.92 Å². The molecule has 0 bridgehead atoms. The zero-order valence-electron chi connectivity index (χ0n) is 21.6. The number of sulfonamides is 1. The lowest BCUT2D eigenvalue weighted by molar-refractivity contribution is -0.268. The monoisotopic (exact) mass is 557 g/mol. The lowest BCUT2D eigenvalue weighted by atomic mass is 10.2. The molecular weight excluding hydrogens is 524 g/mol. The lowest BCUT2D eigenvalue weighted by Gasteiger charge is -2.38. The third-order valence-electron chi connectivity index (χ3n) is 5.72. The van der Waals surface area contributed by atoms with Crippen molar-refractivity contribution in [3.05, 3.63) is 90.5 Å². The van der Waals surface area contributed by atoms with Crippen LogP contribution in [-0.4, -0.2) is 60.5 Å². The number of nitrogens with zero attached hydrogens (tertiary/aromatic N) is 2. The number of rotatable bonds is 13. The molecule has 0 fully saturated rings. The second kappa shape index (κ2) is 13.7. The van der Waals surface area contributed by atoms with Crippen LogP contribution in [0.2, 0.25) is 0 Å². The summed E-state index contributed by atoms with van der Waals surface area (Å²) in [5, 5.41) is 22.8. The number of aliphatic hydroxyl groups excluding tert-OH is 1. The van der Waals surface area contributed by atoms with Gasteiger partial charge in [0.2, 0.25) is 10.0 Å². The van der Waals surface area contributed by atoms with Crippen LogP contribution in [0.4, 0.5) is 4.79 Å². The van der Waals surface area contributed by atoms with Gasteiger partial charge in [0.05, 0.1) is 18.1 Å². The average molecular weight is 558 g/mol. The molecule has 0 saturated heterocycles. The quantitative estimate of drug-likeness (QED) is 0.252. The fourth-order valence-corrected chi connectivity index (χ4v) is 6.65. The van der Waals surface area contributed by atoms with Crippen molar-refractivity contribution in [1.29, 1.82) is 0 Å². The number of methoxy groups -OCH3 is 1. The van der Waals surface area contributed by atoms with Gasteiger partial charge in [0.15, 0.2) is 0 Å². The van der Waals surface area contributed by atoms with E-state index in [9.17, 15) is 23.4 Å². The molecule has 0 saturated carbocycles. The van der Waals surface area contributed by atoms with E-state index in [1.807, 2.05) is 38.1 Å². The van der Waals surface area contributed by atoms with Crippen molar-refractivity contribution in [2.45, 2.75) is 41.7 Å². The molecular formula is C28H33N2O6S2-. The Balaban J connectivity index is 1.96. The van der Waals surface area contributed by atoms with Crippen LogP contribution in [-0.2, 0) is 16.6 Å². The molecule has 8 nitrogen and oxygen atoms in total. The van der Waals surface area contributed by atoms with Crippen molar-refractivity contribution >= 4 is 27.9 Å². The van der Waals surface area contributed by atoms with Crippen molar-refractivity contribution in [3.8, 4) is 5.75 Å². The molecule has 0 heterocycles. The summed E-state index contributed by atoms with van der Waals surface area (Å²) in [5.74, 6) is 0.473. The molecule has 0 spiro atoms. The van der Waals surface area contributed by atoms with Crippen molar-refractivity contribution in [1.82, 2.24) is 9.21 Å². The van der Waals surface area contributed by atoms with Gasteiger partial charge in [-0.05, 0) is 47.9 Å². The zero-order valence-corrected chi connectivity index (χ0v) is 23.3. The molecule has 0 radical (unpaired) electrons. The summed E-state index contributed by atoms with van der Waals surface area (Å²) in [6.45, 7) is 3.55. The number of carboxylic acid groups (broad SMARTS) is 1. The summed E-state index contributed by atoms with van der Waals surface area (Å²) in [4.78, 5) is 14.2. The highest BCUT2D eigenvalue weighted by Crippen LogP contribution is 2.31. The van der Waals surface area contributed by atoms with Crippen LogP contribution < -0.4 is 9.84 Å². The van der Waals surface area contributed by atoms with Crippen LogP contribution in [0.25, 0.3) is 0 Å². The first-order chi connectivity index (χ1) is 18.1. The standard InChI is InChI=1S/C28H34N2O6S2/c1-21(2)18-29(38(34,35)25-16-14-23(36-3)15-17-25)20-26(31)27(37-24-12-8-5-9-13-24)30(28(32)33)19-22-10-6-4-7-11-22/h4-17,21,26-27,31H,18-20H2,1-3H3,(H,32,33)/p-1. The predicted octanol–water partition coefficient (Wildman–Crippen LogP) is 3.67. The van der Waals surface area contributed by atoms with Crippen molar-refractivity contribution in [2.75, 3.05) is 20.2 Å². The molecule has 0 aliphatic heterocycles. The topological polar surface area (TPSA) is 110 Å². The van der Waals surface area contributed by atoms with Crippen LogP contribution in [0.5, 0.6) is 5.75 Å². The molecule has 2 unspecified atom stereocenters. The molecule has 3 aromatic rings. The first-order valence-corrected chi connectivity index (χ1v) is 14.5. The van der Waals surface area contributed by atoms with E-state index >= 15 is 0 Å². The van der Waals surface area contributed by atoms with Crippen molar-refractivity contribution < 1.29 is 28.2 Å². The van der Waals surface area contributed by atoms with Crippen LogP contribution in [0.3, 0.4) is 0 Å². The first-order valence-electron chi connectivity index (χ1n) is 12.2. The van der Waals surface area contributed by atoms with Gasteiger partial charge in [-0.25, -0.2) is 8.42 Å². The minimum absolute atomic E-state index is 0.0276. The van der Waals surface area contributed by atoms with Gasteiger partial charge in [-0.3, -0.25) is 0 Å². The number of aliphatic hydroxyl groups is 1. The Morgan fingerprint density at radius 2 is 1.53 bits per heavy atom. The number of hydrogen-bond acceptors (Lipinski definition) is 7. The lowest BCUT2D eigenvalue weighted by Crippen LogP contribution is -2.53. The molecule has 1 amide bonds. The number of benzene rings is 3. The number of carbonyl (C=O) groups is 1. The summed E-state index contributed by atoms with van der Waals surface area (Å²) >= 11 is 1.14. The molecule has 3 aromatic carbocycles. The molecule has 0 aliphatic rings. The number of amides is 1. The molecule has 0 aromatic heterocycles. The maximum absolute atomic E-state index is 13.6. The summed E-state index contributed by atoms with van der Waals surface area (Å²) in [5.41, 5.74) is 0.715. The molecule has 1 N–H and O–H groups in total. The number of ether oxygens (including phenoxy) is 1. The van der Waals surface area contributed by atoms with E-state index in [1.165, 1.54) is 23.5 Å². The first kappa shape index (κ1) is 29.5. The maximum atomic E-state index is 13.6. The van der Waals surface area contributed by atoms with E-state index in [2.05, 4.69) is 0 Å². The maximum Gasteiger partial charge on any atom is 0.243 e.